The molecule has 0 heterocycles. The van der Waals surface area contributed by atoms with Gasteiger partial charge >= 0.3 is 0 Å². The Bertz CT molecular complexity index is 533. The Kier molecular flexibility index (Phi) is 6.12. The van der Waals surface area contributed by atoms with Gasteiger partial charge in [0.05, 0.1) is 6.07 Å². The van der Waals surface area contributed by atoms with Gasteiger partial charge in [0.2, 0.25) is 0 Å². The molecule has 21 heavy (non-hydrogen) atoms. The van der Waals surface area contributed by atoms with E-state index in [1.165, 1.54) is 12.1 Å². The zero-order chi connectivity index (χ0) is 15.9. The van der Waals surface area contributed by atoms with Gasteiger partial charge in [0, 0.05) is 18.2 Å². The lowest BCUT2D eigenvalue weighted by Gasteiger charge is -2.20. The van der Waals surface area contributed by atoms with Crippen LogP contribution in [-0.4, -0.2) is 24.6 Å². The van der Waals surface area contributed by atoms with Gasteiger partial charge in [-0.3, -0.25) is 4.79 Å². The molecule has 1 rings (SSSR count). The van der Waals surface area contributed by atoms with Crippen molar-refractivity contribution in [1.29, 1.82) is 5.26 Å². The summed E-state index contributed by atoms with van der Waals surface area (Å²) >= 11 is 0. The topological polar surface area (TPSA) is 74.2 Å². The number of nitrogens with zero attached hydrogens (tertiary/aromatic N) is 1. The number of benzene rings is 1. The van der Waals surface area contributed by atoms with Crippen LogP contribution in [0, 0.1) is 17.1 Å². The van der Waals surface area contributed by atoms with Crippen molar-refractivity contribution in [2.24, 2.45) is 0 Å². The molecule has 0 atom stereocenters. The molecule has 0 aromatic heterocycles. The van der Waals surface area contributed by atoms with Crippen LogP contribution in [0.1, 0.15) is 26.3 Å². The molecule has 0 fully saturated rings. The molecule has 0 radical (unpaired) electrons. The standard InChI is InChI=1S/C15H20FN3O2/c1-15(2,3)19-9-11-6-12(16)8-13(7-11)21-10-14(20)18-5-4-17/h6-8,19H,5,9-10H2,1-3H3,(H,18,20). The summed E-state index contributed by atoms with van der Waals surface area (Å²) in [5.41, 5.74) is 0.655. The Morgan fingerprint density at radius 3 is 2.71 bits per heavy atom. The van der Waals surface area contributed by atoms with Gasteiger partial charge in [0.1, 0.15) is 18.1 Å². The van der Waals surface area contributed by atoms with E-state index in [2.05, 4.69) is 10.6 Å². The lowest BCUT2D eigenvalue weighted by Crippen LogP contribution is -2.35. The van der Waals surface area contributed by atoms with Crippen molar-refractivity contribution in [2.75, 3.05) is 13.2 Å². The average Bonchev–Trinajstić information content (AvgIpc) is 2.39. The van der Waals surface area contributed by atoms with Crippen molar-refractivity contribution in [3.63, 3.8) is 0 Å². The van der Waals surface area contributed by atoms with Gasteiger partial charge in [0.15, 0.2) is 6.61 Å². The monoisotopic (exact) mass is 293 g/mol. The Morgan fingerprint density at radius 1 is 1.38 bits per heavy atom. The van der Waals surface area contributed by atoms with Crippen molar-refractivity contribution in [2.45, 2.75) is 32.9 Å². The average molecular weight is 293 g/mol. The predicted molar refractivity (Wildman–Crippen MR) is 77.1 cm³/mol. The van der Waals surface area contributed by atoms with E-state index in [0.717, 1.165) is 5.56 Å². The molecule has 0 unspecified atom stereocenters. The molecule has 0 aliphatic carbocycles. The van der Waals surface area contributed by atoms with E-state index in [1.807, 2.05) is 20.8 Å². The molecule has 114 valence electrons. The largest absolute Gasteiger partial charge is 0.484 e. The molecular formula is C15H20FN3O2. The van der Waals surface area contributed by atoms with E-state index < -0.39 is 11.7 Å². The van der Waals surface area contributed by atoms with Gasteiger partial charge < -0.3 is 15.4 Å². The number of hydrogen-bond donors (Lipinski definition) is 2. The van der Waals surface area contributed by atoms with Crippen LogP contribution in [0.4, 0.5) is 4.39 Å². The first-order chi connectivity index (χ1) is 9.80. The van der Waals surface area contributed by atoms with Gasteiger partial charge in [-0.15, -0.1) is 0 Å². The number of nitrogens with one attached hydrogen (secondary N) is 2. The van der Waals surface area contributed by atoms with E-state index in [1.54, 1.807) is 12.1 Å². The number of nitriles is 1. The minimum Gasteiger partial charge on any atom is -0.484 e. The molecule has 1 aromatic rings. The van der Waals surface area contributed by atoms with Crippen LogP contribution in [0.5, 0.6) is 5.75 Å². The molecule has 2 N–H and O–H groups in total. The molecule has 5 nitrogen and oxygen atoms in total. The molecule has 0 saturated carbocycles. The highest BCUT2D eigenvalue weighted by molar-refractivity contribution is 5.77. The third-order valence-corrected chi connectivity index (χ3v) is 2.49. The number of halogens is 1. The van der Waals surface area contributed by atoms with Crippen LogP contribution < -0.4 is 15.4 Å². The number of carbonyl (C=O) groups is 1. The molecule has 0 aliphatic rings. The maximum atomic E-state index is 13.5. The van der Waals surface area contributed by atoms with Crippen molar-refractivity contribution in [1.82, 2.24) is 10.6 Å². The number of ether oxygens (including phenoxy) is 1. The lowest BCUT2D eigenvalue weighted by molar-refractivity contribution is -0.122. The second-order valence-corrected chi connectivity index (χ2v) is 5.62. The molecule has 1 amide bonds. The molecule has 0 spiro atoms. The normalized spacial score (nSPS) is 10.8. The van der Waals surface area contributed by atoms with E-state index in [4.69, 9.17) is 10.00 Å². The molecule has 1 aromatic carbocycles. The minimum atomic E-state index is -0.421. The predicted octanol–water partition coefficient (Wildman–Crippen LogP) is 1.73. The fraction of sp³-hybridized carbons (Fsp3) is 0.467. The summed E-state index contributed by atoms with van der Waals surface area (Å²) in [6.07, 6.45) is 0. The number of amides is 1. The molecule has 0 saturated heterocycles. The summed E-state index contributed by atoms with van der Waals surface area (Å²) in [6.45, 7) is 6.22. The third-order valence-electron chi connectivity index (χ3n) is 2.49. The van der Waals surface area contributed by atoms with Gasteiger partial charge in [0.25, 0.3) is 5.91 Å². The summed E-state index contributed by atoms with van der Waals surface area (Å²) in [7, 11) is 0. The molecular weight excluding hydrogens is 273 g/mol. The minimum absolute atomic E-state index is 0.0773. The molecule has 6 heteroatoms. The van der Waals surface area contributed by atoms with E-state index in [0.29, 0.717) is 6.54 Å². The SMILES string of the molecule is CC(C)(C)NCc1cc(F)cc(OCC(=O)NCC#N)c1. The van der Waals surface area contributed by atoms with Gasteiger partial charge in [-0.05, 0) is 38.5 Å². The first kappa shape index (κ1) is 16.9. The summed E-state index contributed by atoms with van der Waals surface area (Å²) in [5.74, 6) is -0.557. The zero-order valence-corrected chi connectivity index (χ0v) is 12.5. The van der Waals surface area contributed by atoms with Crippen LogP contribution in [0.3, 0.4) is 0 Å². The summed E-state index contributed by atoms with van der Waals surface area (Å²) in [4.78, 5) is 11.3. The van der Waals surface area contributed by atoms with Gasteiger partial charge in [-0.1, -0.05) is 0 Å². The fourth-order valence-corrected chi connectivity index (χ4v) is 1.51. The van der Waals surface area contributed by atoms with E-state index in [-0.39, 0.29) is 24.4 Å². The first-order valence-corrected chi connectivity index (χ1v) is 6.61. The molecule has 0 aliphatic heterocycles. The van der Waals surface area contributed by atoms with Gasteiger partial charge in [-0.25, -0.2) is 4.39 Å². The zero-order valence-electron chi connectivity index (χ0n) is 12.5. The van der Waals surface area contributed by atoms with E-state index in [9.17, 15) is 9.18 Å². The van der Waals surface area contributed by atoms with Crippen molar-refractivity contribution in [3.8, 4) is 11.8 Å². The summed E-state index contributed by atoms with van der Waals surface area (Å²) in [5, 5.41) is 13.9. The van der Waals surface area contributed by atoms with Crippen molar-refractivity contribution < 1.29 is 13.9 Å². The number of rotatable bonds is 6. The van der Waals surface area contributed by atoms with Crippen molar-refractivity contribution >= 4 is 5.91 Å². The van der Waals surface area contributed by atoms with Crippen LogP contribution in [0.25, 0.3) is 0 Å². The second kappa shape index (κ2) is 7.60. The fourth-order valence-electron chi connectivity index (χ4n) is 1.51. The second-order valence-electron chi connectivity index (χ2n) is 5.62. The highest BCUT2D eigenvalue weighted by Gasteiger charge is 2.10. The number of carbonyl (C=O) groups excluding carboxylic acids is 1. The molecule has 0 bridgehead atoms. The van der Waals surface area contributed by atoms with Crippen LogP contribution >= 0.6 is 0 Å². The smallest absolute Gasteiger partial charge is 0.258 e. The maximum Gasteiger partial charge on any atom is 0.258 e. The van der Waals surface area contributed by atoms with Crippen molar-refractivity contribution in [3.05, 3.63) is 29.6 Å². The number of hydrogen-bond acceptors (Lipinski definition) is 4. The third kappa shape index (κ3) is 7.28. The lowest BCUT2D eigenvalue weighted by atomic mass is 10.1. The Labute approximate surface area is 124 Å². The quantitative estimate of drug-likeness (QED) is 0.783. The Hall–Kier alpha value is -2.13. The first-order valence-electron chi connectivity index (χ1n) is 6.61. The Morgan fingerprint density at radius 2 is 2.10 bits per heavy atom. The van der Waals surface area contributed by atoms with Crippen LogP contribution in [-0.2, 0) is 11.3 Å². The van der Waals surface area contributed by atoms with Gasteiger partial charge in [-0.2, -0.15) is 5.26 Å². The Balaban J connectivity index is 2.61. The highest BCUT2D eigenvalue weighted by Crippen LogP contribution is 2.17. The summed E-state index contributed by atoms with van der Waals surface area (Å²) in [6, 6.07) is 6.11. The van der Waals surface area contributed by atoms with E-state index >= 15 is 0 Å². The maximum absolute atomic E-state index is 13.5. The van der Waals surface area contributed by atoms with Crippen LogP contribution in [0.2, 0.25) is 0 Å². The highest BCUT2D eigenvalue weighted by atomic mass is 19.1. The summed E-state index contributed by atoms with van der Waals surface area (Å²) < 4.78 is 18.8. The van der Waals surface area contributed by atoms with Crippen LogP contribution in [0.15, 0.2) is 18.2 Å².